The Balaban J connectivity index is 1.82. The van der Waals surface area contributed by atoms with E-state index in [1.165, 1.54) is 6.08 Å². The van der Waals surface area contributed by atoms with Crippen LogP contribution >= 0.6 is 0 Å². The van der Waals surface area contributed by atoms with E-state index in [-0.39, 0.29) is 23.5 Å². The quantitative estimate of drug-likeness (QED) is 0.771. The molecule has 0 aliphatic carbocycles. The molecule has 0 radical (unpaired) electrons. The molecule has 3 rings (SSSR count). The summed E-state index contributed by atoms with van der Waals surface area (Å²) in [5.74, 6) is 0.0988. The molecule has 0 spiro atoms. The Morgan fingerprint density at radius 1 is 1.32 bits per heavy atom. The molecule has 5 nitrogen and oxygen atoms in total. The fourth-order valence-corrected chi connectivity index (χ4v) is 4.98. The van der Waals surface area contributed by atoms with Crippen LogP contribution in [0.25, 0.3) is 17.0 Å². The molecule has 1 atom stereocenters. The van der Waals surface area contributed by atoms with E-state index in [4.69, 9.17) is 0 Å². The van der Waals surface area contributed by atoms with Crippen LogP contribution in [0.2, 0.25) is 0 Å². The molecule has 25 heavy (non-hydrogen) atoms. The van der Waals surface area contributed by atoms with E-state index in [0.717, 1.165) is 22.9 Å². The number of para-hydroxylation sites is 1. The second-order valence-electron chi connectivity index (χ2n) is 6.34. The lowest BCUT2D eigenvalue weighted by atomic mass is 10.1. The first-order valence-electron chi connectivity index (χ1n) is 8.53. The maximum Gasteiger partial charge on any atom is 0.246 e. The third-order valence-corrected chi connectivity index (χ3v) is 6.22. The number of fused-ring (bicyclic) bond motifs is 1. The molecule has 2 aromatic rings. The number of carbonyl (C=O) groups is 1. The summed E-state index contributed by atoms with van der Waals surface area (Å²) in [5.41, 5.74) is 1.72. The number of aromatic nitrogens is 1. The molecule has 1 fully saturated rings. The zero-order valence-electron chi connectivity index (χ0n) is 14.3. The Kier molecular flexibility index (Phi) is 5.18. The van der Waals surface area contributed by atoms with Gasteiger partial charge in [-0.1, -0.05) is 31.2 Å². The standard InChI is InChI=1S/C19H22N2O3S/c1-2-12-21(17-10-13-25(23,24)14-17)18(22)9-8-16-6-3-5-15-7-4-11-20-19(15)16/h3-9,11,17H,2,10,12-14H2,1H3. The number of sulfone groups is 1. The molecule has 6 heteroatoms. The van der Waals surface area contributed by atoms with Crippen molar-refractivity contribution in [1.29, 1.82) is 0 Å². The topological polar surface area (TPSA) is 67.3 Å². The smallest absolute Gasteiger partial charge is 0.246 e. The van der Waals surface area contributed by atoms with Crippen LogP contribution in [0.1, 0.15) is 25.3 Å². The Morgan fingerprint density at radius 2 is 2.12 bits per heavy atom. The molecule has 0 N–H and O–H groups in total. The van der Waals surface area contributed by atoms with E-state index < -0.39 is 9.84 Å². The van der Waals surface area contributed by atoms with Gasteiger partial charge < -0.3 is 4.90 Å². The van der Waals surface area contributed by atoms with Crippen LogP contribution in [-0.4, -0.2) is 48.3 Å². The SMILES string of the molecule is CCCN(C(=O)C=Cc1cccc2cccnc12)C1CCS(=O)(=O)C1. The summed E-state index contributed by atoms with van der Waals surface area (Å²) in [7, 11) is -3.02. The Bertz CT molecular complexity index is 901. The molecule has 0 saturated carbocycles. The zero-order chi connectivity index (χ0) is 17.9. The van der Waals surface area contributed by atoms with Crippen molar-refractivity contribution >= 4 is 32.7 Å². The van der Waals surface area contributed by atoms with Crippen LogP contribution in [0.5, 0.6) is 0 Å². The average molecular weight is 358 g/mol. The highest BCUT2D eigenvalue weighted by atomic mass is 32.2. The largest absolute Gasteiger partial charge is 0.335 e. The lowest BCUT2D eigenvalue weighted by molar-refractivity contribution is -0.127. The average Bonchev–Trinajstić information content (AvgIpc) is 2.97. The van der Waals surface area contributed by atoms with Crippen LogP contribution in [-0.2, 0) is 14.6 Å². The van der Waals surface area contributed by atoms with Gasteiger partial charge in [0.25, 0.3) is 0 Å². The number of pyridine rings is 1. The van der Waals surface area contributed by atoms with Gasteiger partial charge in [0.2, 0.25) is 5.91 Å². The lowest BCUT2D eigenvalue weighted by Crippen LogP contribution is -2.40. The fraction of sp³-hybridized carbons (Fsp3) is 0.368. The van der Waals surface area contributed by atoms with Crippen LogP contribution in [0, 0.1) is 0 Å². The maximum absolute atomic E-state index is 12.7. The van der Waals surface area contributed by atoms with Crippen molar-refractivity contribution in [2.45, 2.75) is 25.8 Å². The first-order chi connectivity index (χ1) is 12.0. The summed E-state index contributed by atoms with van der Waals surface area (Å²) < 4.78 is 23.5. The van der Waals surface area contributed by atoms with E-state index in [2.05, 4.69) is 4.98 Å². The molecule has 0 bridgehead atoms. The van der Waals surface area contributed by atoms with Crippen molar-refractivity contribution in [2.24, 2.45) is 0 Å². The van der Waals surface area contributed by atoms with Crippen LogP contribution in [0.3, 0.4) is 0 Å². The molecule has 1 aliphatic heterocycles. The maximum atomic E-state index is 12.7. The van der Waals surface area contributed by atoms with Gasteiger partial charge in [-0.2, -0.15) is 0 Å². The second kappa shape index (κ2) is 7.35. The van der Waals surface area contributed by atoms with Gasteiger partial charge in [0, 0.05) is 35.8 Å². The third-order valence-electron chi connectivity index (χ3n) is 4.47. The van der Waals surface area contributed by atoms with Crippen molar-refractivity contribution in [2.75, 3.05) is 18.1 Å². The summed E-state index contributed by atoms with van der Waals surface area (Å²) >= 11 is 0. The van der Waals surface area contributed by atoms with Crippen molar-refractivity contribution in [1.82, 2.24) is 9.88 Å². The molecule has 1 unspecified atom stereocenters. The highest BCUT2D eigenvalue weighted by Crippen LogP contribution is 2.20. The first-order valence-corrected chi connectivity index (χ1v) is 10.3. The van der Waals surface area contributed by atoms with Gasteiger partial charge in [-0.25, -0.2) is 8.42 Å². The molecule has 1 amide bonds. The van der Waals surface area contributed by atoms with Crippen LogP contribution in [0.15, 0.2) is 42.6 Å². The highest BCUT2D eigenvalue weighted by Gasteiger charge is 2.33. The van der Waals surface area contributed by atoms with Gasteiger partial charge >= 0.3 is 0 Å². The highest BCUT2D eigenvalue weighted by molar-refractivity contribution is 7.91. The third kappa shape index (κ3) is 4.07. The van der Waals surface area contributed by atoms with Crippen LogP contribution < -0.4 is 0 Å². The number of carbonyl (C=O) groups excluding carboxylic acids is 1. The number of hydrogen-bond acceptors (Lipinski definition) is 4. The molecule has 132 valence electrons. The van der Waals surface area contributed by atoms with Gasteiger partial charge in [0.15, 0.2) is 9.84 Å². The van der Waals surface area contributed by atoms with Gasteiger partial charge in [0.05, 0.1) is 17.0 Å². The van der Waals surface area contributed by atoms with E-state index in [0.29, 0.717) is 13.0 Å². The van der Waals surface area contributed by atoms with Crippen molar-refractivity contribution in [3.05, 3.63) is 48.2 Å². The van der Waals surface area contributed by atoms with Gasteiger partial charge in [-0.3, -0.25) is 9.78 Å². The normalized spacial score (nSPS) is 19.5. The summed E-state index contributed by atoms with van der Waals surface area (Å²) in [6, 6.07) is 9.48. The lowest BCUT2D eigenvalue weighted by Gasteiger charge is -2.26. The van der Waals surface area contributed by atoms with Crippen LogP contribution in [0.4, 0.5) is 0 Å². The number of nitrogens with zero attached hydrogens (tertiary/aromatic N) is 2. The predicted molar refractivity (Wildman–Crippen MR) is 99.8 cm³/mol. The van der Waals surface area contributed by atoms with Crippen molar-refractivity contribution in [3.8, 4) is 0 Å². The van der Waals surface area contributed by atoms with E-state index in [1.54, 1.807) is 17.2 Å². The van der Waals surface area contributed by atoms with Gasteiger partial charge in [-0.05, 0) is 25.0 Å². The van der Waals surface area contributed by atoms with Gasteiger partial charge in [0.1, 0.15) is 0 Å². The Morgan fingerprint density at radius 3 is 2.84 bits per heavy atom. The molecule has 1 saturated heterocycles. The minimum absolute atomic E-state index is 0.0718. The minimum Gasteiger partial charge on any atom is -0.335 e. The fourth-order valence-electron chi connectivity index (χ4n) is 3.25. The number of hydrogen-bond donors (Lipinski definition) is 0. The second-order valence-corrected chi connectivity index (χ2v) is 8.57. The first kappa shape index (κ1) is 17.6. The minimum atomic E-state index is -3.02. The van der Waals surface area contributed by atoms with E-state index in [9.17, 15) is 13.2 Å². The summed E-state index contributed by atoms with van der Waals surface area (Å²) in [6.45, 7) is 2.55. The summed E-state index contributed by atoms with van der Waals surface area (Å²) in [5, 5.41) is 1.02. The van der Waals surface area contributed by atoms with E-state index in [1.807, 2.05) is 37.3 Å². The molecular weight excluding hydrogens is 336 g/mol. The predicted octanol–water partition coefficient (Wildman–Crippen LogP) is 2.67. The molecule has 2 heterocycles. The molecule has 1 aromatic carbocycles. The van der Waals surface area contributed by atoms with Crippen molar-refractivity contribution < 1.29 is 13.2 Å². The number of rotatable bonds is 5. The number of benzene rings is 1. The summed E-state index contributed by atoms with van der Waals surface area (Å²) in [6.07, 6.45) is 6.35. The van der Waals surface area contributed by atoms with E-state index >= 15 is 0 Å². The van der Waals surface area contributed by atoms with Gasteiger partial charge in [-0.15, -0.1) is 0 Å². The molecule has 1 aliphatic rings. The zero-order valence-corrected chi connectivity index (χ0v) is 15.1. The van der Waals surface area contributed by atoms with Crippen molar-refractivity contribution in [3.63, 3.8) is 0 Å². The number of amides is 1. The monoisotopic (exact) mass is 358 g/mol. The Hall–Kier alpha value is -2.21. The molecular formula is C19H22N2O3S. The molecule has 1 aromatic heterocycles. The Labute approximate surface area is 148 Å². The summed E-state index contributed by atoms with van der Waals surface area (Å²) in [4.78, 5) is 18.7.